The zero-order valence-electron chi connectivity index (χ0n) is 13.1. The Labute approximate surface area is 162 Å². The maximum absolute atomic E-state index is 11.8. The van der Waals surface area contributed by atoms with Gasteiger partial charge in [-0.2, -0.15) is 5.10 Å². The maximum Gasteiger partial charge on any atom is 0.277 e. The number of aryl methyl sites for hydroxylation is 2. The highest BCUT2D eigenvalue weighted by atomic mass is 127. The van der Waals surface area contributed by atoms with E-state index in [4.69, 9.17) is 4.74 Å². The third kappa shape index (κ3) is 5.20. The summed E-state index contributed by atoms with van der Waals surface area (Å²) in [7, 11) is 0. The highest BCUT2D eigenvalue weighted by Crippen LogP contribution is 2.30. The number of amides is 1. The number of hydrogen-bond acceptors (Lipinski definition) is 4. The normalized spacial score (nSPS) is 10.8. The molecule has 2 aromatic carbocycles. The van der Waals surface area contributed by atoms with E-state index in [9.17, 15) is 9.90 Å². The lowest BCUT2D eigenvalue weighted by Crippen LogP contribution is -2.24. The van der Waals surface area contributed by atoms with Gasteiger partial charge in [-0.25, -0.2) is 5.43 Å². The summed E-state index contributed by atoms with van der Waals surface area (Å²) in [5.41, 5.74) is 4.96. The van der Waals surface area contributed by atoms with E-state index in [0.717, 1.165) is 19.2 Å². The fourth-order valence-electron chi connectivity index (χ4n) is 2.06. The van der Waals surface area contributed by atoms with Crippen molar-refractivity contribution in [2.24, 2.45) is 5.10 Å². The first-order chi connectivity index (χ1) is 11.4. The fraction of sp³-hybridized carbons (Fsp3) is 0.176. The van der Waals surface area contributed by atoms with Crippen LogP contribution in [0, 0.1) is 17.4 Å². The first-order valence-corrected chi connectivity index (χ1v) is 8.94. The zero-order chi connectivity index (χ0) is 17.7. The second-order valence-electron chi connectivity index (χ2n) is 5.18. The largest absolute Gasteiger partial charge is 0.507 e. The molecule has 0 aromatic heterocycles. The van der Waals surface area contributed by atoms with Crippen molar-refractivity contribution >= 4 is 50.6 Å². The average molecular weight is 503 g/mol. The SMILES string of the molecule is Cc1cc(C)c(OCC(=O)N/N=C/c2cc(I)ccc2O)c(Br)c1. The lowest BCUT2D eigenvalue weighted by atomic mass is 10.1. The van der Waals surface area contributed by atoms with Crippen molar-refractivity contribution in [2.75, 3.05) is 6.61 Å². The first kappa shape index (κ1) is 18.7. The van der Waals surface area contributed by atoms with Crippen molar-refractivity contribution in [2.45, 2.75) is 13.8 Å². The van der Waals surface area contributed by atoms with E-state index in [1.54, 1.807) is 18.2 Å². The number of carbonyl (C=O) groups is 1. The summed E-state index contributed by atoms with van der Waals surface area (Å²) in [5.74, 6) is 0.349. The summed E-state index contributed by atoms with van der Waals surface area (Å²) in [6.07, 6.45) is 1.39. The number of aromatic hydroxyl groups is 1. The predicted octanol–water partition coefficient (Wildman–Crippen LogP) is 3.91. The van der Waals surface area contributed by atoms with E-state index in [-0.39, 0.29) is 18.3 Å². The molecule has 24 heavy (non-hydrogen) atoms. The number of halogens is 2. The minimum absolute atomic E-state index is 0.101. The molecule has 2 rings (SSSR count). The number of rotatable bonds is 5. The van der Waals surface area contributed by atoms with E-state index in [1.165, 1.54) is 6.21 Å². The summed E-state index contributed by atoms with van der Waals surface area (Å²) in [4.78, 5) is 11.8. The van der Waals surface area contributed by atoms with Crippen LogP contribution in [0.15, 0.2) is 39.9 Å². The standard InChI is InChI=1S/C17H16BrIN2O3/c1-10-5-11(2)17(14(18)6-10)24-9-16(23)21-20-8-12-7-13(19)3-4-15(12)22/h3-8,22H,9H2,1-2H3,(H,21,23)/b20-8+. The van der Waals surface area contributed by atoms with Gasteiger partial charge in [0.2, 0.25) is 0 Å². The number of hydrogen-bond donors (Lipinski definition) is 2. The van der Waals surface area contributed by atoms with E-state index >= 15 is 0 Å². The highest BCUT2D eigenvalue weighted by Gasteiger charge is 2.09. The van der Waals surface area contributed by atoms with Gasteiger partial charge in [-0.3, -0.25) is 4.79 Å². The molecule has 0 fully saturated rings. The Morgan fingerprint density at radius 1 is 1.38 bits per heavy atom. The van der Waals surface area contributed by atoms with Crippen molar-refractivity contribution in [3.05, 3.63) is 55.1 Å². The molecular formula is C17H16BrIN2O3. The number of benzene rings is 2. The molecule has 2 N–H and O–H groups in total. The summed E-state index contributed by atoms with van der Waals surface area (Å²) < 4.78 is 7.31. The second kappa shape index (κ2) is 8.48. The molecule has 0 saturated heterocycles. The minimum Gasteiger partial charge on any atom is -0.507 e. The van der Waals surface area contributed by atoms with Gasteiger partial charge in [-0.05, 0) is 87.8 Å². The van der Waals surface area contributed by atoms with Crippen LogP contribution < -0.4 is 10.2 Å². The zero-order valence-corrected chi connectivity index (χ0v) is 16.9. The smallest absolute Gasteiger partial charge is 0.277 e. The molecular weight excluding hydrogens is 487 g/mol. The number of carbonyl (C=O) groups excluding carboxylic acids is 1. The van der Waals surface area contributed by atoms with Crippen LogP contribution in [0.25, 0.3) is 0 Å². The Balaban J connectivity index is 1.92. The van der Waals surface area contributed by atoms with Crippen molar-refractivity contribution in [1.29, 1.82) is 0 Å². The summed E-state index contributed by atoms with van der Waals surface area (Å²) in [6.45, 7) is 3.75. The number of phenolic OH excluding ortho intramolecular Hbond substituents is 1. The van der Waals surface area contributed by atoms with Crippen molar-refractivity contribution in [3.8, 4) is 11.5 Å². The van der Waals surface area contributed by atoms with Gasteiger partial charge >= 0.3 is 0 Å². The van der Waals surface area contributed by atoms with Gasteiger partial charge in [0.25, 0.3) is 5.91 Å². The Morgan fingerprint density at radius 3 is 2.83 bits per heavy atom. The average Bonchev–Trinajstić information content (AvgIpc) is 2.49. The topological polar surface area (TPSA) is 70.9 Å². The van der Waals surface area contributed by atoms with Crippen molar-refractivity contribution in [3.63, 3.8) is 0 Å². The number of phenols is 1. The molecule has 0 aliphatic heterocycles. The van der Waals surface area contributed by atoms with Gasteiger partial charge in [0.15, 0.2) is 6.61 Å². The Hall–Kier alpha value is -1.61. The number of ether oxygens (including phenoxy) is 1. The molecule has 126 valence electrons. The van der Waals surface area contributed by atoms with Crippen molar-refractivity contribution < 1.29 is 14.6 Å². The van der Waals surface area contributed by atoms with Crippen molar-refractivity contribution in [1.82, 2.24) is 5.43 Å². The predicted molar refractivity (Wildman–Crippen MR) is 106 cm³/mol. The van der Waals surface area contributed by atoms with E-state index in [2.05, 4.69) is 49.0 Å². The molecule has 0 aliphatic carbocycles. The molecule has 0 bridgehead atoms. The molecule has 0 saturated carbocycles. The van der Waals surface area contributed by atoms with Gasteiger partial charge in [0, 0.05) is 9.13 Å². The van der Waals surface area contributed by atoms with Gasteiger partial charge in [0.05, 0.1) is 10.7 Å². The Bertz CT molecular complexity index is 770. The van der Waals surface area contributed by atoms with E-state index in [1.807, 2.05) is 26.0 Å². The Kier molecular flexibility index (Phi) is 6.61. The number of hydrazone groups is 1. The molecule has 0 unspecified atom stereocenters. The van der Waals surface area contributed by atoms with Crippen LogP contribution in [-0.4, -0.2) is 23.8 Å². The quantitative estimate of drug-likeness (QED) is 0.370. The van der Waals surface area contributed by atoms with E-state index < -0.39 is 0 Å². The van der Waals surface area contributed by atoms with Gasteiger partial charge in [-0.1, -0.05) is 6.07 Å². The third-order valence-corrected chi connectivity index (χ3v) is 4.36. The molecule has 5 nitrogen and oxygen atoms in total. The number of nitrogens with one attached hydrogen (secondary N) is 1. The molecule has 0 aliphatic rings. The first-order valence-electron chi connectivity index (χ1n) is 7.07. The van der Waals surface area contributed by atoms with Crippen LogP contribution in [-0.2, 0) is 4.79 Å². The molecule has 2 aromatic rings. The van der Waals surface area contributed by atoms with Gasteiger partial charge < -0.3 is 9.84 Å². The summed E-state index contributed by atoms with van der Waals surface area (Å²) in [6, 6.07) is 9.02. The monoisotopic (exact) mass is 502 g/mol. The van der Waals surface area contributed by atoms with Crippen LogP contribution in [0.2, 0.25) is 0 Å². The van der Waals surface area contributed by atoms with E-state index in [0.29, 0.717) is 11.3 Å². The highest BCUT2D eigenvalue weighted by molar-refractivity contribution is 14.1. The fourth-order valence-corrected chi connectivity index (χ4v) is 3.36. The van der Waals surface area contributed by atoms with Crippen LogP contribution in [0.4, 0.5) is 0 Å². The molecule has 1 amide bonds. The third-order valence-electron chi connectivity index (χ3n) is 3.10. The van der Waals surface area contributed by atoms with Crippen LogP contribution in [0.5, 0.6) is 11.5 Å². The lowest BCUT2D eigenvalue weighted by molar-refractivity contribution is -0.123. The summed E-state index contributed by atoms with van der Waals surface area (Å²) in [5, 5.41) is 13.5. The molecule has 0 atom stereocenters. The van der Waals surface area contributed by atoms with Crippen LogP contribution >= 0.6 is 38.5 Å². The molecule has 0 heterocycles. The van der Waals surface area contributed by atoms with Crippen LogP contribution in [0.1, 0.15) is 16.7 Å². The second-order valence-corrected chi connectivity index (χ2v) is 7.28. The van der Waals surface area contributed by atoms with Gasteiger partial charge in [0.1, 0.15) is 11.5 Å². The maximum atomic E-state index is 11.8. The molecule has 7 heteroatoms. The lowest BCUT2D eigenvalue weighted by Gasteiger charge is -2.11. The summed E-state index contributed by atoms with van der Waals surface area (Å²) >= 11 is 5.56. The minimum atomic E-state index is -0.386. The Morgan fingerprint density at radius 2 is 2.12 bits per heavy atom. The number of nitrogens with zero attached hydrogens (tertiary/aromatic N) is 1. The van der Waals surface area contributed by atoms with Crippen LogP contribution in [0.3, 0.4) is 0 Å². The molecule has 0 spiro atoms. The molecule has 0 radical (unpaired) electrons. The van der Waals surface area contributed by atoms with Gasteiger partial charge in [-0.15, -0.1) is 0 Å².